The molecule has 0 atom stereocenters. The number of hydrogen-bond acceptors (Lipinski definition) is 0. The summed E-state index contributed by atoms with van der Waals surface area (Å²) in [5, 5.41) is 0. The maximum absolute atomic E-state index is 2.43. The SMILES string of the molecule is c1cc2c(c(C3CCCCCC3)c1)CCCC2. The second-order valence-corrected chi connectivity index (χ2v) is 5.88. The molecule has 0 aliphatic heterocycles. The van der Waals surface area contributed by atoms with Gasteiger partial charge in [-0.1, -0.05) is 43.9 Å². The van der Waals surface area contributed by atoms with E-state index in [1.54, 1.807) is 16.7 Å². The molecule has 1 aromatic rings. The lowest BCUT2D eigenvalue weighted by molar-refractivity contribution is 0.576. The average molecular weight is 228 g/mol. The van der Waals surface area contributed by atoms with Gasteiger partial charge in [0.2, 0.25) is 0 Å². The van der Waals surface area contributed by atoms with Crippen LogP contribution in [-0.2, 0) is 12.8 Å². The van der Waals surface area contributed by atoms with Crippen molar-refractivity contribution in [3.8, 4) is 0 Å². The van der Waals surface area contributed by atoms with E-state index < -0.39 is 0 Å². The van der Waals surface area contributed by atoms with Crippen molar-refractivity contribution in [3.63, 3.8) is 0 Å². The van der Waals surface area contributed by atoms with E-state index in [9.17, 15) is 0 Å². The summed E-state index contributed by atoms with van der Waals surface area (Å²) in [5.74, 6) is 0.880. The van der Waals surface area contributed by atoms with E-state index in [0.717, 1.165) is 5.92 Å². The average Bonchev–Trinajstić information content (AvgIpc) is 2.67. The molecule has 2 aliphatic rings. The van der Waals surface area contributed by atoms with Gasteiger partial charge in [0, 0.05) is 0 Å². The lowest BCUT2D eigenvalue weighted by Crippen LogP contribution is -2.09. The highest BCUT2D eigenvalue weighted by Crippen LogP contribution is 2.36. The predicted octanol–water partition coefficient (Wildman–Crippen LogP) is 5.00. The van der Waals surface area contributed by atoms with E-state index in [1.807, 2.05) is 0 Å². The molecule has 0 N–H and O–H groups in total. The molecule has 2 aliphatic carbocycles. The normalized spacial score (nSPS) is 21.9. The van der Waals surface area contributed by atoms with Crippen LogP contribution in [0.25, 0.3) is 0 Å². The van der Waals surface area contributed by atoms with Crippen molar-refractivity contribution in [2.45, 2.75) is 70.1 Å². The molecule has 0 spiro atoms. The Morgan fingerprint density at radius 3 is 2.35 bits per heavy atom. The van der Waals surface area contributed by atoms with Crippen molar-refractivity contribution in [2.24, 2.45) is 0 Å². The summed E-state index contributed by atoms with van der Waals surface area (Å²) >= 11 is 0. The molecule has 0 heterocycles. The van der Waals surface area contributed by atoms with E-state index in [0.29, 0.717) is 0 Å². The van der Waals surface area contributed by atoms with Gasteiger partial charge in [-0.2, -0.15) is 0 Å². The van der Waals surface area contributed by atoms with E-state index in [2.05, 4.69) is 18.2 Å². The zero-order valence-electron chi connectivity index (χ0n) is 10.9. The molecule has 0 amide bonds. The lowest BCUT2D eigenvalue weighted by atomic mass is 9.81. The van der Waals surface area contributed by atoms with Crippen LogP contribution in [0.2, 0.25) is 0 Å². The molecule has 0 aromatic heterocycles. The zero-order chi connectivity index (χ0) is 11.5. The third-order valence-electron chi connectivity index (χ3n) is 4.73. The van der Waals surface area contributed by atoms with Gasteiger partial charge in [-0.05, 0) is 61.1 Å². The molecule has 0 bridgehead atoms. The van der Waals surface area contributed by atoms with Crippen molar-refractivity contribution < 1.29 is 0 Å². The molecule has 0 heteroatoms. The first-order chi connectivity index (χ1) is 8.45. The number of rotatable bonds is 1. The molecule has 1 fully saturated rings. The van der Waals surface area contributed by atoms with Crippen LogP contribution in [0.5, 0.6) is 0 Å². The van der Waals surface area contributed by atoms with Crippen LogP contribution in [0.1, 0.15) is 74.0 Å². The van der Waals surface area contributed by atoms with Crippen LogP contribution < -0.4 is 0 Å². The highest BCUT2D eigenvalue weighted by molar-refractivity contribution is 5.39. The first kappa shape index (κ1) is 11.3. The number of benzene rings is 1. The van der Waals surface area contributed by atoms with Crippen LogP contribution >= 0.6 is 0 Å². The van der Waals surface area contributed by atoms with Crippen molar-refractivity contribution in [3.05, 3.63) is 34.9 Å². The summed E-state index contributed by atoms with van der Waals surface area (Å²) in [6.07, 6.45) is 14.2. The molecule has 0 nitrogen and oxygen atoms in total. The van der Waals surface area contributed by atoms with Gasteiger partial charge in [-0.3, -0.25) is 0 Å². The second kappa shape index (κ2) is 5.25. The first-order valence-electron chi connectivity index (χ1n) is 7.56. The van der Waals surface area contributed by atoms with Gasteiger partial charge >= 0.3 is 0 Å². The minimum atomic E-state index is 0.880. The number of aryl methyl sites for hydroxylation is 1. The zero-order valence-corrected chi connectivity index (χ0v) is 10.9. The molecule has 17 heavy (non-hydrogen) atoms. The summed E-state index contributed by atoms with van der Waals surface area (Å²) in [7, 11) is 0. The van der Waals surface area contributed by atoms with Crippen LogP contribution in [0.3, 0.4) is 0 Å². The molecule has 3 rings (SSSR count). The Kier molecular flexibility index (Phi) is 3.49. The third-order valence-corrected chi connectivity index (χ3v) is 4.73. The Bertz CT molecular complexity index is 370. The molecule has 0 radical (unpaired) electrons. The summed E-state index contributed by atoms with van der Waals surface area (Å²) in [5.41, 5.74) is 5.13. The Morgan fingerprint density at radius 1 is 0.765 bits per heavy atom. The Hall–Kier alpha value is -0.780. The van der Waals surface area contributed by atoms with Gasteiger partial charge in [-0.15, -0.1) is 0 Å². The lowest BCUT2D eigenvalue weighted by Gasteiger charge is -2.24. The van der Waals surface area contributed by atoms with Crippen LogP contribution in [0, 0.1) is 0 Å². The maximum Gasteiger partial charge on any atom is -0.0159 e. The Morgan fingerprint density at radius 2 is 1.53 bits per heavy atom. The fourth-order valence-electron chi connectivity index (χ4n) is 3.78. The summed E-state index contributed by atoms with van der Waals surface area (Å²) in [6.45, 7) is 0. The standard InChI is InChI=1S/C17H24/c1-2-4-9-14(8-3-1)17-13-7-11-15-10-5-6-12-16(15)17/h7,11,13-14H,1-6,8-10,12H2. The van der Waals surface area contributed by atoms with Crippen LogP contribution in [-0.4, -0.2) is 0 Å². The van der Waals surface area contributed by atoms with E-state index >= 15 is 0 Å². The molecule has 1 saturated carbocycles. The van der Waals surface area contributed by atoms with Gasteiger partial charge in [0.25, 0.3) is 0 Å². The highest BCUT2D eigenvalue weighted by atomic mass is 14.2. The molecule has 92 valence electrons. The largest absolute Gasteiger partial charge is 0.0617 e. The van der Waals surface area contributed by atoms with Gasteiger partial charge in [0.15, 0.2) is 0 Å². The molecule has 1 aromatic carbocycles. The predicted molar refractivity (Wildman–Crippen MR) is 73.5 cm³/mol. The minimum Gasteiger partial charge on any atom is -0.0617 e. The van der Waals surface area contributed by atoms with Crippen LogP contribution in [0.4, 0.5) is 0 Å². The molecule has 0 unspecified atom stereocenters. The Labute approximate surface area is 105 Å². The van der Waals surface area contributed by atoms with Crippen molar-refractivity contribution in [1.82, 2.24) is 0 Å². The highest BCUT2D eigenvalue weighted by Gasteiger charge is 2.20. The van der Waals surface area contributed by atoms with E-state index in [1.165, 1.54) is 64.2 Å². The summed E-state index contributed by atoms with van der Waals surface area (Å²) < 4.78 is 0. The van der Waals surface area contributed by atoms with Crippen LogP contribution in [0.15, 0.2) is 18.2 Å². The van der Waals surface area contributed by atoms with Gasteiger partial charge in [0.05, 0.1) is 0 Å². The fraction of sp³-hybridized carbons (Fsp3) is 0.647. The second-order valence-electron chi connectivity index (χ2n) is 5.88. The quantitative estimate of drug-likeness (QED) is 0.593. The van der Waals surface area contributed by atoms with Gasteiger partial charge in [0.1, 0.15) is 0 Å². The fourth-order valence-corrected chi connectivity index (χ4v) is 3.78. The summed E-state index contributed by atoms with van der Waals surface area (Å²) in [6, 6.07) is 7.11. The third kappa shape index (κ3) is 2.41. The maximum atomic E-state index is 2.43. The van der Waals surface area contributed by atoms with Crippen molar-refractivity contribution in [2.75, 3.05) is 0 Å². The minimum absolute atomic E-state index is 0.880. The van der Waals surface area contributed by atoms with E-state index in [-0.39, 0.29) is 0 Å². The van der Waals surface area contributed by atoms with Gasteiger partial charge < -0.3 is 0 Å². The smallest absolute Gasteiger partial charge is 0.0159 e. The first-order valence-corrected chi connectivity index (χ1v) is 7.56. The van der Waals surface area contributed by atoms with Crippen molar-refractivity contribution in [1.29, 1.82) is 0 Å². The molecular formula is C17H24. The molecule has 0 saturated heterocycles. The van der Waals surface area contributed by atoms with E-state index in [4.69, 9.17) is 0 Å². The monoisotopic (exact) mass is 228 g/mol. The van der Waals surface area contributed by atoms with Crippen molar-refractivity contribution >= 4 is 0 Å². The molecular weight excluding hydrogens is 204 g/mol. The number of hydrogen-bond donors (Lipinski definition) is 0. The number of fused-ring (bicyclic) bond motifs is 1. The summed E-state index contributed by atoms with van der Waals surface area (Å²) in [4.78, 5) is 0. The topological polar surface area (TPSA) is 0 Å². The van der Waals surface area contributed by atoms with Gasteiger partial charge in [-0.25, -0.2) is 0 Å². The Balaban J connectivity index is 1.90.